The molecule has 0 unspecified atom stereocenters. The molecule has 126 valence electrons. The Balaban J connectivity index is 1.63. The van der Waals surface area contributed by atoms with E-state index in [1.165, 1.54) is 12.1 Å². The van der Waals surface area contributed by atoms with Gasteiger partial charge in [0.1, 0.15) is 11.6 Å². The van der Waals surface area contributed by atoms with E-state index in [0.717, 1.165) is 11.8 Å². The Morgan fingerprint density at radius 3 is 2.58 bits per heavy atom. The average molecular weight is 329 g/mol. The summed E-state index contributed by atoms with van der Waals surface area (Å²) in [6.45, 7) is 4.60. The zero-order chi connectivity index (χ0) is 17.1. The molecule has 1 aromatic heterocycles. The number of phenols is 1. The van der Waals surface area contributed by atoms with Crippen molar-refractivity contribution >= 4 is 5.91 Å². The van der Waals surface area contributed by atoms with E-state index in [0.29, 0.717) is 26.2 Å². The predicted octanol–water partition coefficient (Wildman–Crippen LogP) is 2.45. The third-order valence-electron chi connectivity index (χ3n) is 4.45. The number of aromatic hydroxyl groups is 1. The van der Waals surface area contributed by atoms with Crippen LogP contribution in [0.15, 0.2) is 42.6 Å². The van der Waals surface area contributed by atoms with E-state index in [-0.39, 0.29) is 23.3 Å². The average Bonchev–Trinajstić information content (AvgIpc) is 2.61. The van der Waals surface area contributed by atoms with Crippen molar-refractivity contribution in [1.82, 2.24) is 14.8 Å². The number of rotatable bonds is 3. The van der Waals surface area contributed by atoms with Crippen LogP contribution in [0.1, 0.15) is 29.0 Å². The number of pyridine rings is 1. The van der Waals surface area contributed by atoms with Crippen LogP contribution in [0.25, 0.3) is 0 Å². The molecule has 1 aliphatic heterocycles. The molecule has 6 heteroatoms. The third kappa shape index (κ3) is 3.38. The Bertz CT molecular complexity index is 715. The van der Waals surface area contributed by atoms with Gasteiger partial charge in [-0.15, -0.1) is 0 Å². The Hall–Kier alpha value is -2.47. The summed E-state index contributed by atoms with van der Waals surface area (Å²) in [5, 5.41) is 9.26. The van der Waals surface area contributed by atoms with E-state index in [2.05, 4.69) is 16.8 Å². The topological polar surface area (TPSA) is 56.7 Å². The molecule has 0 aliphatic carbocycles. The van der Waals surface area contributed by atoms with E-state index in [9.17, 15) is 14.3 Å². The van der Waals surface area contributed by atoms with Gasteiger partial charge in [0.25, 0.3) is 5.91 Å². The lowest BCUT2D eigenvalue weighted by atomic mass is 10.1. The van der Waals surface area contributed by atoms with Gasteiger partial charge in [0, 0.05) is 44.5 Å². The maximum absolute atomic E-state index is 13.9. The minimum Gasteiger partial charge on any atom is -0.508 e. The van der Waals surface area contributed by atoms with Gasteiger partial charge < -0.3 is 10.0 Å². The monoisotopic (exact) mass is 329 g/mol. The largest absolute Gasteiger partial charge is 0.508 e. The maximum Gasteiger partial charge on any atom is 0.256 e. The Morgan fingerprint density at radius 2 is 1.96 bits per heavy atom. The number of carbonyl (C=O) groups excluding carboxylic acids is 1. The molecule has 3 rings (SSSR count). The second-order valence-corrected chi connectivity index (χ2v) is 5.92. The summed E-state index contributed by atoms with van der Waals surface area (Å²) < 4.78 is 13.9. The lowest BCUT2D eigenvalue weighted by Gasteiger charge is -2.37. The third-order valence-corrected chi connectivity index (χ3v) is 4.45. The number of carbonyl (C=O) groups is 1. The molecule has 1 fully saturated rings. The summed E-state index contributed by atoms with van der Waals surface area (Å²) in [6, 6.07) is 9.64. The molecular formula is C18H20FN3O2. The number of hydrogen-bond donors (Lipinski definition) is 1. The highest BCUT2D eigenvalue weighted by molar-refractivity contribution is 5.94. The SMILES string of the molecule is C[C@H](c1ccccn1)N1CCN(C(=O)c2ccc(O)cc2F)CC1. The predicted molar refractivity (Wildman–Crippen MR) is 88.2 cm³/mol. The molecule has 1 atom stereocenters. The zero-order valence-corrected chi connectivity index (χ0v) is 13.5. The fourth-order valence-electron chi connectivity index (χ4n) is 2.97. The smallest absolute Gasteiger partial charge is 0.256 e. The quantitative estimate of drug-likeness (QED) is 0.940. The van der Waals surface area contributed by atoms with Crippen molar-refractivity contribution in [3.8, 4) is 5.75 Å². The summed E-state index contributed by atoms with van der Waals surface area (Å²) in [7, 11) is 0. The molecule has 1 saturated heterocycles. The van der Waals surface area contributed by atoms with Crippen LogP contribution in [-0.2, 0) is 0 Å². The van der Waals surface area contributed by atoms with E-state index in [4.69, 9.17) is 0 Å². The highest BCUT2D eigenvalue weighted by Gasteiger charge is 2.27. The minimum atomic E-state index is -0.690. The molecule has 24 heavy (non-hydrogen) atoms. The van der Waals surface area contributed by atoms with E-state index in [1.807, 2.05) is 18.2 Å². The summed E-state index contributed by atoms with van der Waals surface area (Å²) in [6.07, 6.45) is 1.78. The molecule has 0 saturated carbocycles. The van der Waals surface area contributed by atoms with Gasteiger partial charge in [-0.2, -0.15) is 0 Å². The molecule has 0 bridgehead atoms. The summed E-state index contributed by atoms with van der Waals surface area (Å²) >= 11 is 0. The molecular weight excluding hydrogens is 309 g/mol. The van der Waals surface area contributed by atoms with Crippen LogP contribution in [-0.4, -0.2) is 52.0 Å². The van der Waals surface area contributed by atoms with Gasteiger partial charge in [0.2, 0.25) is 0 Å². The lowest BCUT2D eigenvalue weighted by molar-refractivity contribution is 0.0574. The Morgan fingerprint density at radius 1 is 1.21 bits per heavy atom. The molecule has 1 amide bonds. The van der Waals surface area contributed by atoms with Gasteiger partial charge in [0.05, 0.1) is 11.3 Å². The van der Waals surface area contributed by atoms with Crippen LogP contribution < -0.4 is 0 Å². The first kappa shape index (κ1) is 16.4. The van der Waals surface area contributed by atoms with Crippen molar-refractivity contribution < 1.29 is 14.3 Å². The number of hydrogen-bond acceptors (Lipinski definition) is 4. The zero-order valence-electron chi connectivity index (χ0n) is 13.5. The van der Waals surface area contributed by atoms with Crippen molar-refractivity contribution in [2.24, 2.45) is 0 Å². The van der Waals surface area contributed by atoms with Gasteiger partial charge in [-0.05, 0) is 31.2 Å². The van der Waals surface area contributed by atoms with Gasteiger partial charge in [0.15, 0.2) is 0 Å². The van der Waals surface area contributed by atoms with Crippen LogP contribution in [0.2, 0.25) is 0 Å². The van der Waals surface area contributed by atoms with Crippen molar-refractivity contribution in [2.45, 2.75) is 13.0 Å². The number of aromatic nitrogens is 1. The maximum atomic E-state index is 13.9. The fourth-order valence-corrected chi connectivity index (χ4v) is 2.97. The first-order chi connectivity index (χ1) is 11.6. The summed E-state index contributed by atoms with van der Waals surface area (Å²) in [4.78, 5) is 20.7. The molecule has 1 aliphatic rings. The summed E-state index contributed by atoms with van der Waals surface area (Å²) in [5.41, 5.74) is 1.00. The number of nitrogens with zero attached hydrogens (tertiary/aromatic N) is 3. The first-order valence-electron chi connectivity index (χ1n) is 7.99. The number of piperazine rings is 1. The van der Waals surface area contributed by atoms with Crippen molar-refractivity contribution in [2.75, 3.05) is 26.2 Å². The normalized spacial score (nSPS) is 16.8. The summed E-state index contributed by atoms with van der Waals surface area (Å²) in [5.74, 6) is -1.21. The lowest BCUT2D eigenvalue weighted by Crippen LogP contribution is -2.49. The second kappa shape index (κ2) is 6.97. The van der Waals surface area contributed by atoms with Gasteiger partial charge in [-0.1, -0.05) is 6.07 Å². The first-order valence-corrected chi connectivity index (χ1v) is 7.99. The van der Waals surface area contributed by atoms with Crippen molar-refractivity contribution in [3.63, 3.8) is 0 Å². The molecule has 2 aromatic rings. The molecule has 5 nitrogen and oxygen atoms in total. The van der Waals surface area contributed by atoms with Crippen molar-refractivity contribution in [3.05, 3.63) is 59.7 Å². The highest BCUT2D eigenvalue weighted by atomic mass is 19.1. The number of phenolic OH excluding ortho intramolecular Hbond substituents is 1. The molecule has 1 N–H and O–H groups in total. The number of benzene rings is 1. The van der Waals surface area contributed by atoms with Crippen molar-refractivity contribution in [1.29, 1.82) is 0 Å². The van der Waals surface area contributed by atoms with Gasteiger partial charge in [-0.3, -0.25) is 14.7 Å². The standard InChI is InChI=1S/C18H20FN3O2/c1-13(17-4-2-3-7-20-17)21-8-10-22(11-9-21)18(24)15-6-5-14(23)12-16(15)19/h2-7,12-13,23H,8-11H2,1H3/t13-/m1/s1. The molecule has 0 radical (unpaired) electrons. The second-order valence-electron chi connectivity index (χ2n) is 5.92. The molecule has 1 aromatic carbocycles. The minimum absolute atomic E-state index is 0.000903. The van der Waals surface area contributed by atoms with Crippen LogP contribution in [0.4, 0.5) is 4.39 Å². The number of halogens is 1. The van der Waals surface area contributed by atoms with Crippen LogP contribution in [0.5, 0.6) is 5.75 Å². The highest BCUT2D eigenvalue weighted by Crippen LogP contribution is 2.21. The molecule has 0 spiro atoms. The van der Waals surface area contributed by atoms with Crippen LogP contribution in [0.3, 0.4) is 0 Å². The van der Waals surface area contributed by atoms with Crippen LogP contribution in [0, 0.1) is 5.82 Å². The number of amides is 1. The molecule has 2 heterocycles. The van der Waals surface area contributed by atoms with Gasteiger partial charge >= 0.3 is 0 Å². The van der Waals surface area contributed by atoms with E-state index in [1.54, 1.807) is 11.1 Å². The Labute approximate surface area is 140 Å². The van der Waals surface area contributed by atoms with Crippen LogP contribution >= 0.6 is 0 Å². The van der Waals surface area contributed by atoms with Gasteiger partial charge in [-0.25, -0.2) is 4.39 Å². The van der Waals surface area contributed by atoms with E-state index < -0.39 is 5.82 Å². The Kier molecular flexibility index (Phi) is 4.76. The fraction of sp³-hybridized carbons (Fsp3) is 0.333. The van der Waals surface area contributed by atoms with E-state index >= 15 is 0 Å².